The van der Waals surface area contributed by atoms with Crippen molar-refractivity contribution in [2.45, 2.75) is 16.2 Å². The summed E-state index contributed by atoms with van der Waals surface area (Å²) in [5.41, 5.74) is 1.05. The quantitative estimate of drug-likeness (QED) is 0.255. The first-order chi connectivity index (χ1) is 15.7. The van der Waals surface area contributed by atoms with Gasteiger partial charge in [0.05, 0.1) is 23.4 Å². The molecule has 1 heterocycles. The number of benzene rings is 2. The second kappa shape index (κ2) is 11.0. The molecule has 0 saturated carbocycles. The number of rotatable bonds is 9. The monoisotopic (exact) mass is 526 g/mol. The summed E-state index contributed by atoms with van der Waals surface area (Å²) in [6, 6.07) is 12.6. The fraction of sp³-hybridized carbons (Fsp3) is 0.200. The number of ether oxygens (including phenoxy) is 1. The topological polar surface area (TPSA) is 119 Å². The number of carbonyl (C=O) groups is 2. The van der Waals surface area contributed by atoms with E-state index in [0.29, 0.717) is 20.6 Å². The Kier molecular flexibility index (Phi) is 8.30. The molecule has 0 saturated heterocycles. The maximum Gasteiger partial charge on any atom is 0.316 e. The molecule has 0 bridgehead atoms. The summed E-state index contributed by atoms with van der Waals surface area (Å²) in [4.78, 5) is 24.0. The molecule has 0 fully saturated rings. The largest absolute Gasteiger partial charge is 0.468 e. The van der Waals surface area contributed by atoms with E-state index in [1.807, 2.05) is 0 Å². The van der Waals surface area contributed by atoms with Crippen LogP contribution < -0.4 is 9.62 Å². The van der Waals surface area contributed by atoms with Gasteiger partial charge in [-0.15, -0.1) is 10.2 Å². The number of nitrogens with zero attached hydrogens (tertiary/aromatic N) is 3. The van der Waals surface area contributed by atoms with Crippen molar-refractivity contribution < 1.29 is 22.7 Å². The first-order valence-corrected chi connectivity index (χ1v) is 13.0. The number of methoxy groups -OCH3 is 1. The minimum atomic E-state index is -4.07. The summed E-state index contributed by atoms with van der Waals surface area (Å²) in [6.07, 6.45) is 0. The summed E-state index contributed by atoms with van der Waals surface area (Å²) in [5, 5.41) is 10.9. The van der Waals surface area contributed by atoms with Crippen molar-refractivity contribution in [2.75, 3.05) is 29.0 Å². The van der Waals surface area contributed by atoms with Crippen LogP contribution >= 0.6 is 34.7 Å². The zero-order valence-corrected chi connectivity index (χ0v) is 20.7. The Balaban J connectivity index is 1.82. The van der Waals surface area contributed by atoms with E-state index >= 15 is 0 Å². The number of hydrogen-bond donors (Lipinski definition) is 1. The Labute approximate surface area is 204 Å². The van der Waals surface area contributed by atoms with Crippen molar-refractivity contribution in [3.8, 4) is 0 Å². The molecule has 3 aromatic rings. The third-order valence-electron chi connectivity index (χ3n) is 4.27. The van der Waals surface area contributed by atoms with E-state index in [4.69, 9.17) is 11.6 Å². The lowest BCUT2D eigenvalue weighted by atomic mass is 10.2. The van der Waals surface area contributed by atoms with Crippen LogP contribution in [0.25, 0.3) is 0 Å². The molecule has 0 unspecified atom stereocenters. The Bertz CT molecular complexity index is 1250. The van der Waals surface area contributed by atoms with Gasteiger partial charge in [0.25, 0.3) is 10.0 Å². The summed E-state index contributed by atoms with van der Waals surface area (Å²) in [5.74, 6) is -0.960. The molecule has 0 spiro atoms. The zero-order chi connectivity index (χ0) is 24.0. The molecule has 1 amide bonds. The van der Waals surface area contributed by atoms with Crippen LogP contribution in [0, 0.1) is 6.92 Å². The van der Waals surface area contributed by atoms with Gasteiger partial charge in [-0.1, -0.05) is 52.9 Å². The van der Waals surface area contributed by atoms with Crippen molar-refractivity contribution in [2.24, 2.45) is 0 Å². The first kappa shape index (κ1) is 25.0. The second-order valence-electron chi connectivity index (χ2n) is 6.54. The van der Waals surface area contributed by atoms with Crippen LogP contribution in [-0.4, -0.2) is 49.9 Å². The van der Waals surface area contributed by atoms with Crippen molar-refractivity contribution in [3.05, 3.63) is 59.1 Å². The van der Waals surface area contributed by atoms with Crippen molar-refractivity contribution >= 4 is 67.4 Å². The van der Waals surface area contributed by atoms with Gasteiger partial charge in [-0.3, -0.25) is 19.2 Å². The number of para-hydroxylation sites is 1. The molecule has 1 N–H and O–H groups in total. The third-order valence-corrected chi connectivity index (χ3v) is 8.24. The van der Waals surface area contributed by atoms with Crippen LogP contribution in [0.4, 0.5) is 10.8 Å². The highest BCUT2D eigenvalue weighted by atomic mass is 35.5. The van der Waals surface area contributed by atoms with E-state index in [1.165, 1.54) is 31.4 Å². The number of nitrogens with one attached hydrogen (secondary N) is 1. The van der Waals surface area contributed by atoms with Gasteiger partial charge in [0.2, 0.25) is 11.0 Å². The zero-order valence-electron chi connectivity index (χ0n) is 17.5. The SMILES string of the molecule is COC(=O)CSc1nnc(NC(=O)CN(c2ccccc2C)S(=O)(=O)c2ccc(Cl)cc2)s1. The third kappa shape index (κ3) is 6.44. The number of anilines is 2. The Morgan fingerprint density at radius 3 is 2.52 bits per heavy atom. The Hall–Kier alpha value is -2.67. The Morgan fingerprint density at radius 2 is 1.85 bits per heavy atom. The predicted octanol–water partition coefficient (Wildman–Crippen LogP) is 3.60. The molecule has 3 rings (SSSR count). The normalized spacial score (nSPS) is 11.1. The van der Waals surface area contributed by atoms with Crippen LogP contribution in [-0.2, 0) is 24.3 Å². The smallest absolute Gasteiger partial charge is 0.316 e. The highest BCUT2D eigenvalue weighted by Gasteiger charge is 2.28. The molecule has 0 aliphatic heterocycles. The van der Waals surface area contributed by atoms with Crippen molar-refractivity contribution in [3.63, 3.8) is 0 Å². The fourth-order valence-corrected chi connectivity index (χ4v) is 5.88. The Morgan fingerprint density at radius 1 is 1.15 bits per heavy atom. The average molecular weight is 527 g/mol. The highest BCUT2D eigenvalue weighted by molar-refractivity contribution is 8.01. The second-order valence-corrected chi connectivity index (χ2v) is 11.0. The van der Waals surface area contributed by atoms with Gasteiger partial charge in [-0.25, -0.2) is 8.42 Å². The van der Waals surface area contributed by atoms with Crippen molar-refractivity contribution in [1.29, 1.82) is 0 Å². The lowest BCUT2D eigenvalue weighted by Crippen LogP contribution is -2.38. The molecule has 1 aromatic heterocycles. The molecular weight excluding hydrogens is 508 g/mol. The number of carbonyl (C=O) groups excluding carboxylic acids is 2. The molecule has 0 aliphatic carbocycles. The fourth-order valence-electron chi connectivity index (χ4n) is 2.66. The van der Waals surface area contributed by atoms with E-state index in [0.717, 1.165) is 27.4 Å². The lowest BCUT2D eigenvalue weighted by molar-refractivity contribution is -0.137. The van der Waals surface area contributed by atoms with E-state index in [9.17, 15) is 18.0 Å². The highest BCUT2D eigenvalue weighted by Crippen LogP contribution is 2.28. The average Bonchev–Trinajstić information content (AvgIpc) is 3.23. The number of esters is 1. The molecule has 9 nitrogen and oxygen atoms in total. The lowest BCUT2D eigenvalue weighted by Gasteiger charge is -2.25. The number of halogens is 1. The standard InChI is InChI=1S/C20H19ClN4O5S3/c1-13-5-3-4-6-16(13)25(33(28,29)15-9-7-14(21)8-10-15)11-17(26)22-19-23-24-20(32-19)31-12-18(27)30-2/h3-10H,11-12H2,1-2H3,(H,22,23,26). The summed E-state index contributed by atoms with van der Waals surface area (Å²) in [6.45, 7) is 1.27. The van der Waals surface area contributed by atoms with Crippen LogP contribution in [0.3, 0.4) is 0 Å². The van der Waals surface area contributed by atoms with Gasteiger partial charge in [0.15, 0.2) is 4.34 Å². The predicted molar refractivity (Wildman–Crippen MR) is 128 cm³/mol. The number of sulfonamides is 1. The molecular formula is C20H19ClN4O5S3. The van der Waals surface area contributed by atoms with Crippen molar-refractivity contribution in [1.82, 2.24) is 10.2 Å². The number of aryl methyl sites for hydroxylation is 1. The molecule has 0 radical (unpaired) electrons. The minimum Gasteiger partial charge on any atom is -0.468 e. The van der Waals surface area contributed by atoms with Crippen LogP contribution in [0.2, 0.25) is 5.02 Å². The van der Waals surface area contributed by atoms with Crippen LogP contribution in [0.5, 0.6) is 0 Å². The molecule has 2 aromatic carbocycles. The summed E-state index contributed by atoms with van der Waals surface area (Å²) in [7, 11) is -2.79. The van der Waals surface area contributed by atoms with Crippen LogP contribution in [0.15, 0.2) is 57.8 Å². The number of hydrogen-bond acceptors (Lipinski definition) is 9. The van der Waals surface area contributed by atoms with E-state index in [-0.39, 0.29) is 15.8 Å². The molecule has 0 aliphatic rings. The van der Waals surface area contributed by atoms with Gasteiger partial charge in [-0.2, -0.15) is 0 Å². The number of thioether (sulfide) groups is 1. The maximum absolute atomic E-state index is 13.4. The van der Waals surface area contributed by atoms with E-state index in [2.05, 4.69) is 20.3 Å². The van der Waals surface area contributed by atoms with Gasteiger partial charge in [-0.05, 0) is 42.8 Å². The minimum absolute atomic E-state index is 0.000338. The first-order valence-electron chi connectivity index (χ1n) is 9.37. The summed E-state index contributed by atoms with van der Waals surface area (Å²) >= 11 is 8.08. The van der Waals surface area contributed by atoms with Gasteiger partial charge in [0, 0.05) is 5.02 Å². The molecule has 174 valence electrons. The van der Waals surface area contributed by atoms with Gasteiger partial charge in [0.1, 0.15) is 6.54 Å². The molecule has 33 heavy (non-hydrogen) atoms. The van der Waals surface area contributed by atoms with Gasteiger partial charge < -0.3 is 4.74 Å². The molecule has 13 heteroatoms. The van der Waals surface area contributed by atoms with E-state index < -0.39 is 28.4 Å². The van der Waals surface area contributed by atoms with Crippen LogP contribution in [0.1, 0.15) is 5.56 Å². The maximum atomic E-state index is 13.4. The number of amides is 1. The number of aromatic nitrogens is 2. The van der Waals surface area contributed by atoms with Gasteiger partial charge >= 0.3 is 5.97 Å². The summed E-state index contributed by atoms with van der Waals surface area (Å²) < 4.78 is 32.9. The molecule has 0 atom stereocenters. The van der Waals surface area contributed by atoms with E-state index in [1.54, 1.807) is 31.2 Å².